The van der Waals surface area contributed by atoms with E-state index in [4.69, 9.17) is 4.74 Å². The molecule has 35 heavy (non-hydrogen) atoms. The molecule has 3 aliphatic rings. The van der Waals surface area contributed by atoms with Crippen molar-refractivity contribution >= 4 is 23.8 Å². The van der Waals surface area contributed by atoms with Crippen molar-refractivity contribution in [1.82, 2.24) is 4.90 Å². The van der Waals surface area contributed by atoms with Gasteiger partial charge in [0.05, 0.1) is 6.10 Å². The van der Waals surface area contributed by atoms with Crippen LogP contribution >= 0.6 is 12.4 Å². The fourth-order valence-electron chi connectivity index (χ4n) is 7.36. The number of unbranched alkanes of at least 4 members (excludes halogenated alkanes) is 1. The number of anilines is 2. The Bertz CT molecular complexity index is 779. The zero-order valence-electron chi connectivity index (χ0n) is 23.4. The van der Waals surface area contributed by atoms with Crippen LogP contribution in [0.15, 0.2) is 18.2 Å². The molecule has 1 saturated carbocycles. The van der Waals surface area contributed by atoms with Crippen LogP contribution in [0.3, 0.4) is 0 Å². The molecule has 0 atom stereocenters. The lowest BCUT2D eigenvalue weighted by Crippen LogP contribution is -2.47. The van der Waals surface area contributed by atoms with Crippen LogP contribution in [0.25, 0.3) is 0 Å². The molecular formula is C30H52ClN3O. The van der Waals surface area contributed by atoms with E-state index in [1.165, 1.54) is 63.1 Å². The van der Waals surface area contributed by atoms with Crippen LogP contribution in [0.2, 0.25) is 0 Å². The standard InChI is InChI=1S/C30H51N3O.ClH/c1-7-8-13-31-16-18-33(19-17-31)28-10-9-25(32-14-11-26(34-6)12-15-32)20-27(28)24-21-29(2,3)23-30(4,5)22-24;/h9-10,20,24,26H,7-8,11-19,21-23H2,1-6H3;1H. The third-order valence-corrected chi connectivity index (χ3v) is 8.69. The monoisotopic (exact) mass is 505 g/mol. The molecule has 2 heterocycles. The van der Waals surface area contributed by atoms with E-state index in [2.05, 4.69) is 67.5 Å². The lowest BCUT2D eigenvalue weighted by Gasteiger charge is -2.46. The first-order valence-corrected chi connectivity index (χ1v) is 14.1. The molecular weight excluding hydrogens is 454 g/mol. The first kappa shape index (κ1) is 28.6. The van der Waals surface area contributed by atoms with E-state index in [0.29, 0.717) is 22.9 Å². The van der Waals surface area contributed by atoms with Crippen molar-refractivity contribution in [3.05, 3.63) is 23.8 Å². The number of piperazine rings is 1. The number of rotatable bonds is 7. The first-order chi connectivity index (χ1) is 16.2. The minimum absolute atomic E-state index is 0. The van der Waals surface area contributed by atoms with Crippen molar-refractivity contribution in [3.63, 3.8) is 0 Å². The highest BCUT2D eigenvalue weighted by molar-refractivity contribution is 5.85. The van der Waals surface area contributed by atoms with E-state index in [0.717, 1.165) is 39.0 Å². The van der Waals surface area contributed by atoms with Crippen LogP contribution < -0.4 is 9.80 Å². The van der Waals surface area contributed by atoms with Gasteiger partial charge in [-0.1, -0.05) is 41.0 Å². The van der Waals surface area contributed by atoms with E-state index in [9.17, 15) is 0 Å². The zero-order chi connectivity index (χ0) is 24.3. The summed E-state index contributed by atoms with van der Waals surface area (Å²) in [5, 5.41) is 0. The molecule has 1 aromatic rings. The summed E-state index contributed by atoms with van der Waals surface area (Å²) in [6.07, 6.45) is 9.25. The largest absolute Gasteiger partial charge is 0.381 e. The van der Waals surface area contributed by atoms with Gasteiger partial charge in [-0.3, -0.25) is 4.90 Å². The number of methoxy groups -OCH3 is 1. The maximum Gasteiger partial charge on any atom is 0.0605 e. The molecule has 0 N–H and O–H groups in total. The fraction of sp³-hybridized carbons (Fsp3) is 0.800. The molecule has 2 saturated heterocycles. The first-order valence-electron chi connectivity index (χ1n) is 14.1. The highest BCUT2D eigenvalue weighted by Crippen LogP contribution is 2.53. The zero-order valence-corrected chi connectivity index (χ0v) is 24.3. The van der Waals surface area contributed by atoms with Crippen LogP contribution in [-0.2, 0) is 4.74 Å². The smallest absolute Gasteiger partial charge is 0.0605 e. The topological polar surface area (TPSA) is 19.0 Å². The van der Waals surface area contributed by atoms with Gasteiger partial charge in [0.2, 0.25) is 0 Å². The number of piperidine rings is 1. The second-order valence-electron chi connectivity index (χ2n) is 13.0. The van der Waals surface area contributed by atoms with Gasteiger partial charge in [0.1, 0.15) is 0 Å². The van der Waals surface area contributed by atoms with Gasteiger partial charge in [-0.05, 0) is 85.6 Å². The average molecular weight is 506 g/mol. The van der Waals surface area contributed by atoms with E-state index < -0.39 is 0 Å². The maximum atomic E-state index is 5.63. The summed E-state index contributed by atoms with van der Waals surface area (Å²) in [5.41, 5.74) is 5.36. The molecule has 0 unspecified atom stereocenters. The number of nitrogens with zero attached hydrogens (tertiary/aromatic N) is 3. The minimum atomic E-state index is 0. The highest BCUT2D eigenvalue weighted by Gasteiger charge is 2.40. The Labute approximate surface area is 222 Å². The summed E-state index contributed by atoms with van der Waals surface area (Å²) in [5.74, 6) is 0.642. The van der Waals surface area contributed by atoms with Crippen molar-refractivity contribution in [3.8, 4) is 0 Å². The molecule has 4 nitrogen and oxygen atoms in total. The van der Waals surface area contributed by atoms with Crippen LogP contribution in [0, 0.1) is 10.8 Å². The van der Waals surface area contributed by atoms with Crippen LogP contribution in [0.1, 0.15) is 91.0 Å². The van der Waals surface area contributed by atoms with E-state index in [1.807, 2.05) is 7.11 Å². The van der Waals surface area contributed by atoms with Crippen LogP contribution in [0.5, 0.6) is 0 Å². The fourth-order valence-corrected chi connectivity index (χ4v) is 7.36. The van der Waals surface area contributed by atoms with E-state index in [1.54, 1.807) is 5.56 Å². The van der Waals surface area contributed by atoms with Gasteiger partial charge >= 0.3 is 0 Å². The van der Waals surface area contributed by atoms with Gasteiger partial charge < -0.3 is 14.5 Å². The third-order valence-electron chi connectivity index (χ3n) is 8.69. The Morgan fingerprint density at radius 2 is 1.51 bits per heavy atom. The molecule has 0 bridgehead atoms. The van der Waals surface area contributed by atoms with Gasteiger partial charge in [-0.25, -0.2) is 0 Å². The Hall–Kier alpha value is -0.970. The summed E-state index contributed by atoms with van der Waals surface area (Å²) in [7, 11) is 1.86. The molecule has 200 valence electrons. The minimum Gasteiger partial charge on any atom is -0.381 e. The van der Waals surface area contributed by atoms with Crippen LogP contribution in [-0.4, -0.2) is 63.9 Å². The summed E-state index contributed by atoms with van der Waals surface area (Å²) in [6.45, 7) is 20.5. The van der Waals surface area contributed by atoms with Crippen molar-refractivity contribution in [2.45, 2.75) is 91.6 Å². The number of ether oxygens (including phenoxy) is 1. The quantitative estimate of drug-likeness (QED) is 0.398. The Morgan fingerprint density at radius 3 is 2.09 bits per heavy atom. The van der Waals surface area contributed by atoms with Gasteiger partial charge in [0.25, 0.3) is 0 Å². The van der Waals surface area contributed by atoms with Gasteiger partial charge in [-0.15, -0.1) is 12.4 Å². The van der Waals surface area contributed by atoms with Gasteiger partial charge in [0, 0.05) is 57.8 Å². The normalized spacial score (nSPS) is 23.8. The second kappa shape index (κ2) is 12.0. The van der Waals surface area contributed by atoms with Crippen molar-refractivity contribution < 1.29 is 4.74 Å². The molecule has 1 aliphatic carbocycles. The number of hydrogen-bond acceptors (Lipinski definition) is 4. The predicted octanol–water partition coefficient (Wildman–Crippen LogP) is 6.97. The molecule has 4 rings (SSSR count). The molecule has 3 fully saturated rings. The Balaban J connectivity index is 0.00000342. The summed E-state index contributed by atoms with van der Waals surface area (Å²) in [4.78, 5) is 7.97. The van der Waals surface area contributed by atoms with Gasteiger partial charge in [0.15, 0.2) is 0 Å². The Kier molecular flexibility index (Phi) is 9.85. The molecule has 0 spiro atoms. The van der Waals surface area contributed by atoms with Crippen molar-refractivity contribution in [2.75, 3.05) is 62.7 Å². The van der Waals surface area contributed by atoms with E-state index >= 15 is 0 Å². The van der Waals surface area contributed by atoms with E-state index in [-0.39, 0.29) is 12.4 Å². The highest BCUT2D eigenvalue weighted by atomic mass is 35.5. The van der Waals surface area contributed by atoms with Gasteiger partial charge in [-0.2, -0.15) is 0 Å². The number of halogens is 1. The van der Waals surface area contributed by atoms with Crippen LogP contribution in [0.4, 0.5) is 11.4 Å². The maximum absolute atomic E-state index is 5.63. The SMILES string of the molecule is CCCCN1CCN(c2ccc(N3CCC(OC)CC3)cc2C2CC(C)(C)CC(C)(C)C2)CC1.Cl. The molecule has 5 heteroatoms. The molecule has 1 aromatic carbocycles. The third kappa shape index (κ3) is 7.29. The lowest BCUT2D eigenvalue weighted by atomic mass is 9.60. The molecule has 0 radical (unpaired) electrons. The van der Waals surface area contributed by atoms with Crippen molar-refractivity contribution in [2.24, 2.45) is 10.8 Å². The summed E-state index contributed by atoms with van der Waals surface area (Å²) < 4.78 is 5.63. The lowest BCUT2D eigenvalue weighted by molar-refractivity contribution is 0.0819. The predicted molar refractivity (Wildman–Crippen MR) is 154 cm³/mol. The summed E-state index contributed by atoms with van der Waals surface area (Å²) >= 11 is 0. The van der Waals surface area contributed by atoms with Crippen molar-refractivity contribution in [1.29, 1.82) is 0 Å². The Morgan fingerprint density at radius 1 is 0.886 bits per heavy atom. The number of benzene rings is 1. The second-order valence-corrected chi connectivity index (χ2v) is 13.0. The number of hydrogen-bond donors (Lipinski definition) is 0. The average Bonchev–Trinajstić information content (AvgIpc) is 2.81. The molecule has 0 amide bonds. The molecule has 0 aromatic heterocycles. The summed E-state index contributed by atoms with van der Waals surface area (Å²) in [6, 6.07) is 7.48. The molecule has 2 aliphatic heterocycles.